The maximum atomic E-state index is 4.61. The fourth-order valence-corrected chi connectivity index (χ4v) is 2.46. The second kappa shape index (κ2) is 3.92. The predicted octanol–water partition coefficient (Wildman–Crippen LogP) is 3.76. The Morgan fingerprint density at radius 1 is 1.17 bits per heavy atom. The van der Waals surface area contributed by atoms with Crippen molar-refractivity contribution in [2.24, 2.45) is 0 Å². The molecule has 0 spiro atoms. The van der Waals surface area contributed by atoms with Crippen LogP contribution < -0.4 is 0 Å². The fraction of sp³-hybridized carbons (Fsp3) is 0.286. The molecular weight excluding hydrogens is 242 g/mol. The molecular formula is C14H15N3S. The van der Waals surface area contributed by atoms with Crippen LogP contribution in [-0.2, 0) is 5.41 Å². The molecule has 3 heterocycles. The minimum absolute atomic E-state index is 0.0518. The van der Waals surface area contributed by atoms with E-state index in [-0.39, 0.29) is 5.41 Å². The van der Waals surface area contributed by atoms with Crippen molar-refractivity contribution < 1.29 is 0 Å². The number of imidazole rings is 1. The summed E-state index contributed by atoms with van der Waals surface area (Å²) >= 11 is 1.68. The monoisotopic (exact) mass is 257 g/mol. The Balaban J connectivity index is 2.13. The summed E-state index contributed by atoms with van der Waals surface area (Å²) in [6.07, 6.45) is 2.02. The van der Waals surface area contributed by atoms with Gasteiger partial charge in [-0.05, 0) is 23.6 Å². The summed E-state index contributed by atoms with van der Waals surface area (Å²) in [6, 6.07) is 6.13. The fourth-order valence-electron chi connectivity index (χ4n) is 1.81. The molecule has 0 atom stereocenters. The molecule has 4 heteroatoms. The molecule has 0 N–H and O–H groups in total. The van der Waals surface area contributed by atoms with E-state index in [1.807, 2.05) is 22.8 Å². The molecule has 0 bridgehead atoms. The summed E-state index contributed by atoms with van der Waals surface area (Å²) in [6.45, 7) is 6.48. The number of hydrogen-bond acceptors (Lipinski definition) is 3. The van der Waals surface area contributed by atoms with Gasteiger partial charge < -0.3 is 0 Å². The highest BCUT2D eigenvalue weighted by molar-refractivity contribution is 7.08. The van der Waals surface area contributed by atoms with E-state index in [1.165, 1.54) is 0 Å². The highest BCUT2D eigenvalue weighted by Crippen LogP contribution is 2.23. The molecule has 0 aliphatic rings. The molecule has 0 fully saturated rings. The zero-order chi connectivity index (χ0) is 12.8. The topological polar surface area (TPSA) is 30.2 Å². The van der Waals surface area contributed by atoms with E-state index in [2.05, 4.69) is 47.7 Å². The van der Waals surface area contributed by atoms with Gasteiger partial charge in [-0.2, -0.15) is 16.4 Å². The largest absolute Gasteiger partial charge is 0.232 e. The molecule has 3 rings (SSSR count). The average molecular weight is 257 g/mol. The van der Waals surface area contributed by atoms with E-state index in [0.29, 0.717) is 0 Å². The molecule has 0 aromatic carbocycles. The van der Waals surface area contributed by atoms with Gasteiger partial charge in [0.25, 0.3) is 0 Å². The molecule has 0 radical (unpaired) electrons. The lowest BCUT2D eigenvalue weighted by atomic mass is 9.93. The minimum Gasteiger partial charge on any atom is -0.232 e. The molecule has 3 aromatic rings. The second-order valence-electron chi connectivity index (χ2n) is 5.41. The van der Waals surface area contributed by atoms with Crippen LogP contribution in [0.3, 0.4) is 0 Å². The van der Waals surface area contributed by atoms with Crippen LogP contribution in [0, 0.1) is 0 Å². The Morgan fingerprint density at radius 2 is 2.00 bits per heavy atom. The van der Waals surface area contributed by atoms with E-state index in [1.54, 1.807) is 11.3 Å². The molecule has 18 heavy (non-hydrogen) atoms. The normalized spacial score (nSPS) is 12.2. The quantitative estimate of drug-likeness (QED) is 0.664. The highest BCUT2D eigenvalue weighted by Gasteiger charge is 2.18. The van der Waals surface area contributed by atoms with Crippen LogP contribution in [-0.4, -0.2) is 14.6 Å². The molecule has 0 saturated heterocycles. The van der Waals surface area contributed by atoms with E-state index in [0.717, 1.165) is 22.6 Å². The summed E-state index contributed by atoms with van der Waals surface area (Å²) in [5.41, 5.74) is 4.17. The molecule has 0 unspecified atom stereocenters. The number of thiophene rings is 1. The number of nitrogens with zero attached hydrogens (tertiary/aromatic N) is 3. The first kappa shape index (κ1) is 11.4. The van der Waals surface area contributed by atoms with Gasteiger partial charge in [0.1, 0.15) is 0 Å². The third kappa shape index (κ3) is 1.93. The van der Waals surface area contributed by atoms with Crippen molar-refractivity contribution in [2.75, 3.05) is 0 Å². The smallest absolute Gasteiger partial charge is 0.153 e. The van der Waals surface area contributed by atoms with Crippen LogP contribution in [0.25, 0.3) is 16.9 Å². The van der Waals surface area contributed by atoms with Crippen molar-refractivity contribution in [3.05, 3.63) is 40.8 Å². The van der Waals surface area contributed by atoms with E-state index in [9.17, 15) is 0 Å². The summed E-state index contributed by atoms with van der Waals surface area (Å²) in [7, 11) is 0. The molecule has 0 amide bonds. The van der Waals surface area contributed by atoms with Crippen LogP contribution >= 0.6 is 11.3 Å². The van der Waals surface area contributed by atoms with Crippen LogP contribution in [0.4, 0.5) is 0 Å². The average Bonchev–Trinajstić information content (AvgIpc) is 2.96. The van der Waals surface area contributed by atoms with E-state index in [4.69, 9.17) is 0 Å². The van der Waals surface area contributed by atoms with Gasteiger partial charge in [0.2, 0.25) is 0 Å². The summed E-state index contributed by atoms with van der Waals surface area (Å²) in [5, 5.41) is 8.78. The van der Waals surface area contributed by atoms with Gasteiger partial charge in [-0.1, -0.05) is 20.8 Å². The lowest BCUT2D eigenvalue weighted by Gasteiger charge is -2.13. The Bertz CT molecular complexity index is 675. The van der Waals surface area contributed by atoms with Crippen molar-refractivity contribution in [2.45, 2.75) is 26.2 Å². The van der Waals surface area contributed by atoms with Crippen molar-refractivity contribution in [3.8, 4) is 11.3 Å². The van der Waals surface area contributed by atoms with Crippen LogP contribution in [0.5, 0.6) is 0 Å². The predicted molar refractivity (Wildman–Crippen MR) is 75.0 cm³/mol. The van der Waals surface area contributed by atoms with Gasteiger partial charge in [-0.25, -0.2) is 9.50 Å². The maximum Gasteiger partial charge on any atom is 0.153 e. The number of fused-ring (bicyclic) bond motifs is 1. The summed E-state index contributed by atoms with van der Waals surface area (Å²) in [4.78, 5) is 4.61. The zero-order valence-corrected chi connectivity index (χ0v) is 11.5. The van der Waals surface area contributed by atoms with Crippen molar-refractivity contribution in [3.63, 3.8) is 0 Å². The first-order chi connectivity index (χ1) is 8.54. The summed E-state index contributed by atoms with van der Waals surface area (Å²) in [5.74, 6) is 0. The maximum absolute atomic E-state index is 4.61. The van der Waals surface area contributed by atoms with Crippen molar-refractivity contribution in [1.82, 2.24) is 14.6 Å². The number of hydrogen-bond donors (Lipinski definition) is 0. The lowest BCUT2D eigenvalue weighted by Crippen LogP contribution is -2.11. The van der Waals surface area contributed by atoms with Gasteiger partial charge in [-0.3, -0.25) is 0 Å². The van der Waals surface area contributed by atoms with Crippen LogP contribution in [0.1, 0.15) is 26.5 Å². The van der Waals surface area contributed by atoms with Gasteiger partial charge in [-0.15, -0.1) is 0 Å². The molecule has 3 aromatic heterocycles. The molecule has 92 valence electrons. The molecule has 3 nitrogen and oxygen atoms in total. The zero-order valence-electron chi connectivity index (χ0n) is 10.7. The van der Waals surface area contributed by atoms with Gasteiger partial charge in [0.15, 0.2) is 5.65 Å². The van der Waals surface area contributed by atoms with Crippen LogP contribution in [0.15, 0.2) is 35.2 Å². The third-order valence-electron chi connectivity index (χ3n) is 2.91. The third-order valence-corrected chi connectivity index (χ3v) is 3.59. The van der Waals surface area contributed by atoms with E-state index < -0.39 is 0 Å². The second-order valence-corrected chi connectivity index (χ2v) is 6.19. The molecule has 0 aliphatic heterocycles. The molecule has 0 saturated carbocycles. The first-order valence-electron chi connectivity index (χ1n) is 5.93. The number of aromatic nitrogens is 3. The van der Waals surface area contributed by atoms with Gasteiger partial charge in [0.05, 0.1) is 17.6 Å². The van der Waals surface area contributed by atoms with Crippen molar-refractivity contribution in [1.29, 1.82) is 0 Å². The SMILES string of the molecule is CC(C)(C)c1cn2nc(-c3ccsc3)ccc2n1. The lowest BCUT2D eigenvalue weighted by molar-refractivity contribution is 0.572. The Hall–Kier alpha value is -1.68. The Labute approximate surface area is 110 Å². The summed E-state index contributed by atoms with van der Waals surface area (Å²) < 4.78 is 1.87. The number of rotatable bonds is 1. The Morgan fingerprint density at radius 3 is 2.67 bits per heavy atom. The van der Waals surface area contributed by atoms with E-state index >= 15 is 0 Å². The first-order valence-corrected chi connectivity index (χ1v) is 6.88. The minimum atomic E-state index is 0.0518. The molecule has 0 aliphatic carbocycles. The van der Waals surface area contributed by atoms with Gasteiger partial charge >= 0.3 is 0 Å². The van der Waals surface area contributed by atoms with Crippen LogP contribution in [0.2, 0.25) is 0 Å². The van der Waals surface area contributed by atoms with Crippen molar-refractivity contribution >= 4 is 17.0 Å². The highest BCUT2D eigenvalue weighted by atomic mass is 32.1. The Kier molecular flexibility index (Phi) is 2.48. The van der Waals surface area contributed by atoms with Gasteiger partial charge in [0, 0.05) is 16.4 Å². The standard InChI is InChI=1S/C14H15N3S/c1-14(2,3)12-8-17-13(15-12)5-4-11(16-17)10-6-7-18-9-10/h4-9H,1-3H3.